The second kappa shape index (κ2) is 7.92. The first kappa shape index (κ1) is 16.5. The molecule has 0 aromatic heterocycles. The van der Waals surface area contributed by atoms with Gasteiger partial charge < -0.3 is 9.80 Å². The first-order chi connectivity index (χ1) is 8.95. The highest BCUT2D eigenvalue weighted by Crippen LogP contribution is 2.21. The summed E-state index contributed by atoms with van der Waals surface area (Å²) < 4.78 is 0.935. The van der Waals surface area contributed by atoms with Crippen LogP contribution in [0.2, 0.25) is 0 Å². The summed E-state index contributed by atoms with van der Waals surface area (Å²) in [5.74, 6) is 0.0567. The van der Waals surface area contributed by atoms with E-state index in [1.165, 1.54) is 0 Å². The Hall–Kier alpha value is -0.520. The van der Waals surface area contributed by atoms with Crippen LogP contribution in [0.25, 0.3) is 0 Å². The Bertz CT molecular complexity index is 437. The van der Waals surface area contributed by atoms with Gasteiger partial charge in [0.15, 0.2) is 0 Å². The molecule has 0 atom stereocenters. The Morgan fingerprint density at radius 3 is 2.47 bits per heavy atom. The second-order valence-corrected chi connectivity index (χ2v) is 6.15. The molecule has 106 valence electrons. The molecule has 1 aromatic carbocycles. The van der Waals surface area contributed by atoms with Gasteiger partial charge in [0.1, 0.15) is 0 Å². The molecule has 0 aliphatic heterocycles. The number of halogens is 1. The van der Waals surface area contributed by atoms with Crippen molar-refractivity contribution in [3.63, 3.8) is 0 Å². The van der Waals surface area contributed by atoms with Gasteiger partial charge in [0, 0.05) is 29.0 Å². The van der Waals surface area contributed by atoms with Crippen molar-refractivity contribution in [3.8, 4) is 0 Å². The van der Waals surface area contributed by atoms with Crippen LogP contribution in [0.4, 0.5) is 0 Å². The van der Waals surface area contributed by atoms with Crippen LogP contribution < -0.4 is 0 Å². The normalized spacial score (nSPS) is 10.8. The molecule has 0 spiro atoms. The van der Waals surface area contributed by atoms with E-state index in [2.05, 4.69) is 40.4 Å². The third-order valence-corrected chi connectivity index (χ3v) is 3.65. The highest BCUT2D eigenvalue weighted by Gasteiger charge is 2.17. The summed E-state index contributed by atoms with van der Waals surface area (Å²) in [6.45, 7) is 4.46. The maximum absolute atomic E-state index is 12.5. The molecular formula is C14H21BrN2OS. The minimum atomic E-state index is 0.0567. The van der Waals surface area contributed by atoms with Crippen LogP contribution in [-0.4, -0.2) is 49.4 Å². The fourth-order valence-electron chi connectivity index (χ4n) is 1.76. The van der Waals surface area contributed by atoms with Gasteiger partial charge in [0.25, 0.3) is 5.91 Å². The summed E-state index contributed by atoms with van der Waals surface area (Å²) in [5.41, 5.74) is 0.665. The largest absolute Gasteiger partial charge is 0.337 e. The third-order valence-electron chi connectivity index (χ3n) is 2.79. The average Bonchev–Trinajstić information content (AvgIpc) is 2.33. The molecule has 0 heterocycles. The van der Waals surface area contributed by atoms with Gasteiger partial charge in [-0.15, -0.1) is 12.6 Å². The predicted molar refractivity (Wildman–Crippen MR) is 86.1 cm³/mol. The number of rotatable bonds is 6. The highest BCUT2D eigenvalue weighted by atomic mass is 79.9. The molecule has 0 bridgehead atoms. The van der Waals surface area contributed by atoms with Gasteiger partial charge in [0.05, 0.1) is 5.56 Å². The molecule has 1 rings (SSSR count). The summed E-state index contributed by atoms with van der Waals surface area (Å²) in [7, 11) is 4.02. The van der Waals surface area contributed by atoms with Gasteiger partial charge in [-0.1, -0.05) is 22.9 Å². The summed E-state index contributed by atoms with van der Waals surface area (Å²) in [4.78, 5) is 17.2. The Labute approximate surface area is 129 Å². The summed E-state index contributed by atoms with van der Waals surface area (Å²) in [6, 6.07) is 5.56. The Morgan fingerprint density at radius 2 is 1.95 bits per heavy atom. The predicted octanol–water partition coefficient (Wildman–Crippen LogP) is 3.15. The van der Waals surface area contributed by atoms with Crippen molar-refractivity contribution in [2.75, 3.05) is 33.7 Å². The van der Waals surface area contributed by atoms with E-state index in [-0.39, 0.29) is 5.91 Å². The lowest BCUT2D eigenvalue weighted by molar-refractivity contribution is 0.0741. The number of thiol groups is 1. The first-order valence-corrected chi connectivity index (χ1v) is 7.62. The quantitative estimate of drug-likeness (QED) is 0.801. The maximum Gasteiger partial charge on any atom is 0.255 e. The number of benzene rings is 1. The van der Waals surface area contributed by atoms with E-state index in [1.54, 1.807) is 0 Å². The molecule has 19 heavy (non-hydrogen) atoms. The number of carbonyl (C=O) groups is 1. The lowest BCUT2D eigenvalue weighted by Crippen LogP contribution is -2.37. The number of hydrogen-bond donors (Lipinski definition) is 1. The zero-order valence-electron chi connectivity index (χ0n) is 11.7. The molecule has 0 saturated carbocycles. The maximum atomic E-state index is 12.5. The Morgan fingerprint density at radius 1 is 1.26 bits per heavy atom. The van der Waals surface area contributed by atoms with Crippen molar-refractivity contribution < 1.29 is 4.79 Å². The van der Waals surface area contributed by atoms with Gasteiger partial charge in [-0.25, -0.2) is 0 Å². The molecule has 1 aromatic rings. The molecule has 0 aliphatic rings. The summed E-state index contributed by atoms with van der Waals surface area (Å²) >= 11 is 7.77. The molecule has 0 radical (unpaired) electrons. The fourth-order valence-corrected chi connectivity index (χ4v) is 2.61. The first-order valence-electron chi connectivity index (χ1n) is 6.38. The average molecular weight is 345 g/mol. The molecule has 0 N–H and O–H groups in total. The van der Waals surface area contributed by atoms with Crippen LogP contribution >= 0.6 is 28.6 Å². The van der Waals surface area contributed by atoms with Crippen LogP contribution in [0, 0.1) is 0 Å². The second-order valence-electron chi connectivity index (χ2n) is 4.76. The molecule has 0 fully saturated rings. The minimum absolute atomic E-state index is 0.0567. The molecule has 0 aliphatic carbocycles. The summed E-state index contributed by atoms with van der Waals surface area (Å²) in [6.07, 6.45) is 0.956. The molecule has 0 unspecified atom stereocenters. The van der Waals surface area contributed by atoms with E-state index in [4.69, 9.17) is 0 Å². The van der Waals surface area contributed by atoms with Crippen LogP contribution in [-0.2, 0) is 0 Å². The van der Waals surface area contributed by atoms with Crippen LogP contribution in [0.3, 0.4) is 0 Å². The Kier molecular flexibility index (Phi) is 6.89. The molecule has 5 heteroatoms. The van der Waals surface area contributed by atoms with Gasteiger partial charge in [-0.3, -0.25) is 4.79 Å². The van der Waals surface area contributed by atoms with Crippen LogP contribution in [0.15, 0.2) is 27.6 Å². The Balaban J connectivity index is 2.85. The van der Waals surface area contributed by atoms with E-state index < -0.39 is 0 Å². The van der Waals surface area contributed by atoms with E-state index in [0.717, 1.165) is 30.5 Å². The van der Waals surface area contributed by atoms with Crippen molar-refractivity contribution in [2.45, 2.75) is 18.2 Å². The van der Waals surface area contributed by atoms with E-state index >= 15 is 0 Å². The highest BCUT2D eigenvalue weighted by molar-refractivity contribution is 9.10. The zero-order chi connectivity index (χ0) is 14.4. The van der Waals surface area contributed by atoms with Crippen molar-refractivity contribution in [1.82, 2.24) is 9.80 Å². The topological polar surface area (TPSA) is 23.6 Å². The van der Waals surface area contributed by atoms with Crippen molar-refractivity contribution in [3.05, 3.63) is 28.2 Å². The molecule has 0 saturated heterocycles. The van der Waals surface area contributed by atoms with Gasteiger partial charge in [-0.2, -0.15) is 0 Å². The van der Waals surface area contributed by atoms with Crippen LogP contribution in [0.5, 0.6) is 0 Å². The minimum Gasteiger partial charge on any atom is -0.337 e. The van der Waals surface area contributed by atoms with Crippen molar-refractivity contribution in [1.29, 1.82) is 0 Å². The van der Waals surface area contributed by atoms with Gasteiger partial charge in [-0.05, 0) is 38.7 Å². The number of nitrogens with zero attached hydrogens (tertiary/aromatic N) is 2. The number of hydrogen-bond acceptors (Lipinski definition) is 3. The number of amides is 1. The number of carbonyl (C=O) groups excluding carboxylic acids is 1. The fraction of sp³-hybridized carbons (Fsp3) is 0.500. The molecule has 1 amide bonds. The summed E-state index contributed by atoms with van der Waals surface area (Å²) in [5, 5.41) is 0. The third kappa shape index (κ3) is 5.16. The molecular weight excluding hydrogens is 324 g/mol. The van der Waals surface area contributed by atoms with Crippen molar-refractivity contribution >= 4 is 34.5 Å². The van der Waals surface area contributed by atoms with E-state index in [9.17, 15) is 4.79 Å². The lowest BCUT2D eigenvalue weighted by Gasteiger charge is -2.24. The monoisotopic (exact) mass is 344 g/mol. The standard InChI is InChI=1S/C14H21BrN2OS/c1-4-7-17(9-8-16(2)3)14(18)12-6-5-11(15)10-13(12)19/h5-6,10,19H,4,7-9H2,1-3H3. The lowest BCUT2D eigenvalue weighted by atomic mass is 10.2. The van der Waals surface area contributed by atoms with Crippen LogP contribution in [0.1, 0.15) is 23.7 Å². The molecule has 3 nitrogen and oxygen atoms in total. The van der Waals surface area contributed by atoms with Gasteiger partial charge in [0.2, 0.25) is 0 Å². The van der Waals surface area contributed by atoms with Crippen molar-refractivity contribution in [2.24, 2.45) is 0 Å². The van der Waals surface area contributed by atoms with E-state index in [0.29, 0.717) is 10.5 Å². The number of likely N-dealkylation sites (N-methyl/N-ethyl adjacent to an activating group) is 1. The smallest absolute Gasteiger partial charge is 0.255 e. The van der Waals surface area contributed by atoms with Gasteiger partial charge >= 0.3 is 0 Å². The zero-order valence-corrected chi connectivity index (χ0v) is 14.2. The van der Waals surface area contributed by atoms with E-state index in [1.807, 2.05) is 37.2 Å². The SMILES string of the molecule is CCCN(CCN(C)C)C(=O)c1ccc(Br)cc1S.